The zero-order valence-corrected chi connectivity index (χ0v) is 20.4. The number of nitrogens with one attached hydrogen (secondary N) is 2. The van der Waals surface area contributed by atoms with Gasteiger partial charge >= 0.3 is 11.9 Å². The van der Waals surface area contributed by atoms with Crippen LogP contribution in [0.15, 0.2) is 0 Å². The minimum atomic E-state index is -0.0502. The molecular formula is C25H46N2O4. The van der Waals surface area contributed by atoms with Gasteiger partial charge in [0.1, 0.15) is 12.2 Å². The fourth-order valence-corrected chi connectivity index (χ4v) is 5.14. The molecule has 2 N–H and O–H groups in total. The maximum absolute atomic E-state index is 12.2. The van der Waals surface area contributed by atoms with Crippen LogP contribution in [-0.4, -0.2) is 48.3 Å². The van der Waals surface area contributed by atoms with Crippen molar-refractivity contribution in [2.45, 2.75) is 134 Å². The van der Waals surface area contributed by atoms with Gasteiger partial charge in [0, 0.05) is 36.8 Å². The molecule has 0 atom stereocenters. The van der Waals surface area contributed by atoms with Gasteiger partial charge < -0.3 is 20.1 Å². The number of ether oxygens (including phenoxy) is 2. The molecule has 2 rings (SSSR count). The summed E-state index contributed by atoms with van der Waals surface area (Å²) in [4.78, 5) is 24.1. The van der Waals surface area contributed by atoms with Crippen LogP contribution in [0.3, 0.4) is 0 Å². The molecule has 2 fully saturated rings. The first-order valence-corrected chi connectivity index (χ1v) is 12.5. The Morgan fingerprint density at radius 2 is 1.13 bits per heavy atom. The Balaban J connectivity index is 1.43. The first-order valence-electron chi connectivity index (χ1n) is 12.5. The van der Waals surface area contributed by atoms with Crippen LogP contribution in [0.4, 0.5) is 0 Å². The fourth-order valence-electron chi connectivity index (χ4n) is 5.14. The fraction of sp³-hybridized carbons (Fsp3) is 0.920. The predicted octanol–water partition coefficient (Wildman–Crippen LogP) is 4.64. The van der Waals surface area contributed by atoms with Crippen molar-refractivity contribution < 1.29 is 19.1 Å². The van der Waals surface area contributed by atoms with Crippen LogP contribution in [0.2, 0.25) is 0 Å². The van der Waals surface area contributed by atoms with Gasteiger partial charge in [0.05, 0.1) is 0 Å². The van der Waals surface area contributed by atoms with Crippen LogP contribution in [0.1, 0.15) is 111 Å². The Morgan fingerprint density at radius 1 is 0.710 bits per heavy atom. The molecule has 2 saturated heterocycles. The summed E-state index contributed by atoms with van der Waals surface area (Å²) in [5.74, 6) is -0.0864. The van der Waals surface area contributed by atoms with E-state index in [1.807, 2.05) is 0 Å². The molecular weight excluding hydrogens is 392 g/mol. The van der Waals surface area contributed by atoms with Gasteiger partial charge in [-0.15, -0.1) is 0 Å². The second-order valence-electron chi connectivity index (χ2n) is 10.8. The highest BCUT2D eigenvalue weighted by atomic mass is 16.5. The number of rotatable bonds is 12. The Hall–Kier alpha value is -1.14. The van der Waals surface area contributed by atoms with Gasteiger partial charge in [0.25, 0.3) is 0 Å². The number of hydrogen-bond donors (Lipinski definition) is 2. The van der Waals surface area contributed by atoms with E-state index in [0.717, 1.165) is 83.7 Å². The maximum atomic E-state index is 12.2. The number of unbranched alkanes of at least 4 members (excludes halogenated alkanes) is 6. The van der Waals surface area contributed by atoms with Gasteiger partial charge in [-0.3, -0.25) is 9.59 Å². The van der Waals surface area contributed by atoms with Gasteiger partial charge in [-0.1, -0.05) is 32.1 Å². The van der Waals surface area contributed by atoms with Gasteiger partial charge in [0.15, 0.2) is 0 Å². The normalized spacial score (nSPS) is 21.5. The van der Waals surface area contributed by atoms with Gasteiger partial charge in [-0.25, -0.2) is 0 Å². The first kappa shape index (κ1) is 26.1. The Bertz CT molecular complexity index is 540. The Morgan fingerprint density at radius 3 is 1.61 bits per heavy atom. The van der Waals surface area contributed by atoms with E-state index >= 15 is 0 Å². The molecule has 0 bridgehead atoms. The lowest BCUT2D eigenvalue weighted by molar-refractivity contribution is -0.153. The number of esters is 2. The van der Waals surface area contributed by atoms with Crippen LogP contribution in [0.25, 0.3) is 0 Å². The molecule has 0 aliphatic carbocycles. The predicted molar refractivity (Wildman–Crippen MR) is 124 cm³/mol. The van der Waals surface area contributed by atoms with Crippen LogP contribution < -0.4 is 10.6 Å². The van der Waals surface area contributed by atoms with Crippen LogP contribution in [-0.2, 0) is 19.1 Å². The third-order valence-electron chi connectivity index (χ3n) is 6.30. The minimum Gasteiger partial charge on any atom is -0.462 e. The Labute approximate surface area is 189 Å². The van der Waals surface area contributed by atoms with Crippen LogP contribution in [0, 0.1) is 0 Å². The molecule has 2 heterocycles. The summed E-state index contributed by atoms with van der Waals surface area (Å²) in [5.41, 5.74) is -0.00638. The third kappa shape index (κ3) is 11.3. The summed E-state index contributed by atoms with van der Waals surface area (Å²) in [5, 5.41) is 6.90. The molecule has 6 heteroatoms. The second-order valence-corrected chi connectivity index (χ2v) is 10.8. The van der Waals surface area contributed by atoms with E-state index in [1.54, 1.807) is 0 Å². The zero-order valence-electron chi connectivity index (χ0n) is 20.4. The molecule has 2 aliphatic heterocycles. The van der Waals surface area contributed by atoms with Gasteiger partial charge in [-0.2, -0.15) is 0 Å². The summed E-state index contributed by atoms with van der Waals surface area (Å²) in [6, 6.07) is 0. The van der Waals surface area contributed by atoms with Crippen LogP contribution >= 0.6 is 0 Å². The van der Waals surface area contributed by atoms with Crippen molar-refractivity contribution in [1.29, 1.82) is 0 Å². The Kier molecular flexibility index (Phi) is 10.8. The molecule has 0 amide bonds. The van der Waals surface area contributed by atoms with Crippen molar-refractivity contribution in [3.05, 3.63) is 0 Å². The van der Waals surface area contributed by atoms with Crippen molar-refractivity contribution in [2.75, 3.05) is 13.1 Å². The topological polar surface area (TPSA) is 76.7 Å². The van der Waals surface area contributed by atoms with Gasteiger partial charge in [-0.05, 0) is 66.5 Å². The third-order valence-corrected chi connectivity index (χ3v) is 6.30. The van der Waals surface area contributed by atoms with Gasteiger partial charge in [0.2, 0.25) is 0 Å². The van der Waals surface area contributed by atoms with E-state index in [1.165, 1.54) is 0 Å². The lowest BCUT2D eigenvalue weighted by atomic mass is 9.81. The summed E-state index contributed by atoms with van der Waals surface area (Å²) >= 11 is 0. The minimum absolute atomic E-state index is 0.00319. The van der Waals surface area contributed by atoms with Crippen molar-refractivity contribution in [3.63, 3.8) is 0 Å². The molecule has 0 saturated carbocycles. The lowest BCUT2D eigenvalue weighted by Gasteiger charge is -2.45. The number of piperidine rings is 2. The molecule has 0 aromatic heterocycles. The lowest BCUT2D eigenvalue weighted by Crippen LogP contribution is -2.59. The average molecular weight is 439 g/mol. The summed E-state index contributed by atoms with van der Waals surface area (Å²) < 4.78 is 11.3. The molecule has 0 aromatic carbocycles. The molecule has 0 unspecified atom stereocenters. The van der Waals surface area contributed by atoms with E-state index in [9.17, 15) is 9.59 Å². The zero-order chi connectivity index (χ0) is 22.7. The van der Waals surface area contributed by atoms with E-state index in [4.69, 9.17) is 9.47 Å². The van der Waals surface area contributed by atoms with Crippen LogP contribution in [0.5, 0.6) is 0 Å². The smallest absolute Gasteiger partial charge is 0.306 e. The standard InChI is InChI=1S/C25H46N2O4/c1-24(2)18-21(19-25(3,4)27-24)31-23(29)13-11-9-7-5-6-8-10-12-22(28)30-20-14-16-26-17-15-20/h20-21,26-27H,5-19H2,1-4H3. The van der Waals surface area contributed by atoms with E-state index in [0.29, 0.717) is 12.8 Å². The molecule has 31 heavy (non-hydrogen) atoms. The number of hydrogen-bond acceptors (Lipinski definition) is 6. The molecule has 2 aliphatic rings. The highest BCUT2D eigenvalue weighted by molar-refractivity contribution is 5.69. The molecule has 0 radical (unpaired) electrons. The number of carbonyl (C=O) groups is 2. The van der Waals surface area contributed by atoms with Crippen molar-refractivity contribution in [2.24, 2.45) is 0 Å². The second kappa shape index (κ2) is 12.8. The quantitative estimate of drug-likeness (QED) is 0.341. The highest BCUT2D eigenvalue weighted by Crippen LogP contribution is 2.30. The monoisotopic (exact) mass is 438 g/mol. The van der Waals surface area contributed by atoms with Crippen molar-refractivity contribution in [3.8, 4) is 0 Å². The highest BCUT2D eigenvalue weighted by Gasteiger charge is 2.39. The van der Waals surface area contributed by atoms with Crippen molar-refractivity contribution in [1.82, 2.24) is 10.6 Å². The summed E-state index contributed by atoms with van der Waals surface area (Å²) in [6.07, 6.45) is 12.2. The SMILES string of the molecule is CC1(C)CC(OC(=O)CCCCCCCCCC(=O)OC2CCNCC2)CC(C)(C)N1. The molecule has 0 aromatic rings. The van der Waals surface area contributed by atoms with Crippen molar-refractivity contribution >= 4 is 11.9 Å². The first-order chi connectivity index (χ1) is 14.7. The number of carbonyl (C=O) groups excluding carboxylic acids is 2. The van der Waals surface area contributed by atoms with E-state index in [-0.39, 0.29) is 35.2 Å². The molecule has 6 nitrogen and oxygen atoms in total. The molecule has 180 valence electrons. The largest absolute Gasteiger partial charge is 0.462 e. The average Bonchev–Trinajstić information content (AvgIpc) is 2.65. The van der Waals surface area contributed by atoms with E-state index < -0.39 is 0 Å². The molecule has 0 spiro atoms. The summed E-state index contributed by atoms with van der Waals surface area (Å²) in [7, 11) is 0. The summed E-state index contributed by atoms with van der Waals surface area (Å²) in [6.45, 7) is 10.6. The van der Waals surface area contributed by atoms with E-state index in [2.05, 4.69) is 38.3 Å². The maximum Gasteiger partial charge on any atom is 0.306 e.